The lowest BCUT2D eigenvalue weighted by Crippen LogP contribution is -2.27. The molecule has 0 atom stereocenters. The smallest absolute Gasteiger partial charge is 0.253 e. The van der Waals surface area contributed by atoms with Crippen molar-refractivity contribution < 1.29 is 13.2 Å². The zero-order valence-electron chi connectivity index (χ0n) is 15.6. The molecular weight excluding hydrogens is 362 g/mol. The Kier molecular flexibility index (Phi) is 6.61. The van der Waals surface area contributed by atoms with Gasteiger partial charge in [0.1, 0.15) is 0 Å². The van der Waals surface area contributed by atoms with Crippen molar-refractivity contribution in [3.63, 3.8) is 0 Å². The molecule has 2 aromatic carbocycles. The van der Waals surface area contributed by atoms with Crippen molar-refractivity contribution in [1.82, 2.24) is 9.62 Å². The molecule has 7 heteroatoms. The topological polar surface area (TPSA) is 69.7 Å². The normalized spacial score (nSPS) is 10.9. The van der Waals surface area contributed by atoms with Crippen molar-refractivity contribution in [3.05, 3.63) is 59.7 Å². The van der Waals surface area contributed by atoms with E-state index in [1.54, 1.807) is 18.0 Å². The Hall–Kier alpha value is -2.82. The monoisotopic (exact) mass is 385 g/mol. The Labute approximate surface area is 160 Å². The summed E-state index contributed by atoms with van der Waals surface area (Å²) in [6, 6.07) is 13.8. The van der Waals surface area contributed by atoms with Gasteiger partial charge in [-0.1, -0.05) is 24.1 Å². The minimum atomic E-state index is -3.74. The highest BCUT2D eigenvalue weighted by Gasteiger charge is 2.17. The summed E-state index contributed by atoms with van der Waals surface area (Å²) in [6.07, 6.45) is 5.09. The highest BCUT2D eigenvalue weighted by atomic mass is 32.2. The maximum absolute atomic E-state index is 12.7. The predicted molar refractivity (Wildman–Crippen MR) is 107 cm³/mol. The molecule has 0 saturated heterocycles. The predicted octanol–water partition coefficient (Wildman–Crippen LogP) is 1.94. The van der Waals surface area contributed by atoms with Crippen LogP contribution in [-0.4, -0.2) is 46.9 Å². The van der Waals surface area contributed by atoms with Gasteiger partial charge in [0, 0.05) is 38.9 Å². The second kappa shape index (κ2) is 8.71. The summed E-state index contributed by atoms with van der Waals surface area (Å²) in [7, 11) is 1.86. The number of amides is 1. The molecule has 2 rings (SSSR count). The zero-order valence-corrected chi connectivity index (χ0v) is 16.5. The number of carbonyl (C=O) groups is 1. The van der Waals surface area contributed by atoms with Crippen molar-refractivity contribution in [3.8, 4) is 12.3 Å². The summed E-state index contributed by atoms with van der Waals surface area (Å²) in [6.45, 7) is 0.308. The van der Waals surface area contributed by atoms with Gasteiger partial charge in [0.2, 0.25) is 10.0 Å². The molecule has 1 N–H and O–H groups in total. The lowest BCUT2D eigenvalue weighted by atomic mass is 10.1. The highest BCUT2D eigenvalue weighted by molar-refractivity contribution is 7.89. The molecule has 0 saturated carbocycles. The first-order valence-corrected chi connectivity index (χ1v) is 9.78. The number of carbonyl (C=O) groups excluding carboxylic acids is 1. The number of hydrogen-bond donors (Lipinski definition) is 1. The first kappa shape index (κ1) is 20.5. The van der Waals surface area contributed by atoms with Crippen molar-refractivity contribution >= 4 is 21.6 Å². The van der Waals surface area contributed by atoms with Gasteiger partial charge in [-0.2, -0.15) is 4.72 Å². The van der Waals surface area contributed by atoms with E-state index in [1.165, 1.54) is 18.2 Å². The van der Waals surface area contributed by atoms with Crippen LogP contribution in [0.4, 0.5) is 5.69 Å². The SMILES string of the molecule is C#CCNS(=O)(=O)c1cccc(C(=O)N(C)Cc2ccc(N(C)C)cc2)c1. The zero-order chi connectivity index (χ0) is 20.0. The van der Waals surface area contributed by atoms with Gasteiger partial charge >= 0.3 is 0 Å². The number of rotatable bonds is 7. The molecule has 0 aliphatic heterocycles. The van der Waals surface area contributed by atoms with Crippen LogP contribution in [0.3, 0.4) is 0 Å². The summed E-state index contributed by atoms with van der Waals surface area (Å²) in [5.41, 5.74) is 2.35. The van der Waals surface area contributed by atoms with Crippen molar-refractivity contribution in [1.29, 1.82) is 0 Å². The van der Waals surface area contributed by atoms with E-state index in [0.29, 0.717) is 12.1 Å². The average Bonchev–Trinajstić information content (AvgIpc) is 2.66. The van der Waals surface area contributed by atoms with Gasteiger partial charge in [-0.3, -0.25) is 4.79 Å². The fourth-order valence-corrected chi connectivity index (χ4v) is 3.46. The van der Waals surface area contributed by atoms with Gasteiger partial charge in [0.25, 0.3) is 5.91 Å². The average molecular weight is 385 g/mol. The molecule has 1 amide bonds. The molecule has 27 heavy (non-hydrogen) atoms. The van der Waals surface area contributed by atoms with E-state index >= 15 is 0 Å². The van der Waals surface area contributed by atoms with Crippen LogP contribution in [0.25, 0.3) is 0 Å². The fourth-order valence-electron chi connectivity index (χ4n) is 2.48. The van der Waals surface area contributed by atoms with Crippen LogP contribution >= 0.6 is 0 Å². The van der Waals surface area contributed by atoms with E-state index in [2.05, 4.69) is 10.6 Å². The Morgan fingerprint density at radius 2 is 1.78 bits per heavy atom. The minimum Gasteiger partial charge on any atom is -0.378 e. The van der Waals surface area contributed by atoms with Gasteiger partial charge in [-0.05, 0) is 35.9 Å². The molecular formula is C20H23N3O3S. The van der Waals surface area contributed by atoms with Gasteiger partial charge in [0.15, 0.2) is 0 Å². The molecule has 0 heterocycles. The number of benzene rings is 2. The Bertz CT molecular complexity index is 945. The summed E-state index contributed by atoms with van der Waals surface area (Å²) >= 11 is 0. The van der Waals surface area contributed by atoms with Gasteiger partial charge in [-0.25, -0.2) is 8.42 Å². The fraction of sp³-hybridized carbons (Fsp3) is 0.250. The third kappa shape index (κ3) is 5.33. The second-order valence-electron chi connectivity index (χ2n) is 6.28. The van der Waals surface area contributed by atoms with E-state index in [4.69, 9.17) is 6.42 Å². The third-order valence-electron chi connectivity index (χ3n) is 3.97. The molecule has 0 aromatic heterocycles. The number of sulfonamides is 1. The van der Waals surface area contributed by atoms with Crippen molar-refractivity contribution in [2.75, 3.05) is 32.6 Å². The van der Waals surface area contributed by atoms with E-state index in [-0.39, 0.29) is 17.3 Å². The number of terminal acetylenes is 1. The van der Waals surface area contributed by atoms with Crippen LogP contribution in [0.1, 0.15) is 15.9 Å². The quantitative estimate of drug-likeness (QED) is 0.740. The van der Waals surface area contributed by atoms with Gasteiger partial charge in [0.05, 0.1) is 11.4 Å². The van der Waals surface area contributed by atoms with E-state index in [9.17, 15) is 13.2 Å². The van der Waals surface area contributed by atoms with Crippen LogP contribution in [0.5, 0.6) is 0 Å². The van der Waals surface area contributed by atoms with Gasteiger partial charge < -0.3 is 9.80 Å². The Morgan fingerprint density at radius 1 is 1.11 bits per heavy atom. The molecule has 0 bridgehead atoms. The number of hydrogen-bond acceptors (Lipinski definition) is 4. The van der Waals surface area contributed by atoms with Crippen LogP contribution < -0.4 is 9.62 Å². The van der Waals surface area contributed by atoms with E-state index in [1.807, 2.05) is 43.3 Å². The lowest BCUT2D eigenvalue weighted by Gasteiger charge is -2.19. The molecule has 0 spiro atoms. The largest absolute Gasteiger partial charge is 0.378 e. The number of anilines is 1. The first-order valence-electron chi connectivity index (χ1n) is 8.29. The molecule has 0 aliphatic carbocycles. The van der Waals surface area contributed by atoms with E-state index < -0.39 is 10.0 Å². The minimum absolute atomic E-state index is 0.00679. The third-order valence-corrected chi connectivity index (χ3v) is 5.37. The summed E-state index contributed by atoms with van der Waals surface area (Å²) in [5.74, 6) is 1.96. The highest BCUT2D eigenvalue weighted by Crippen LogP contribution is 2.16. The standard InChI is InChI=1S/C20H23N3O3S/c1-5-13-21-27(25,26)19-8-6-7-17(14-19)20(24)23(4)15-16-9-11-18(12-10-16)22(2)3/h1,6-12,14,21H,13,15H2,2-4H3. The van der Waals surface area contributed by atoms with Gasteiger partial charge in [-0.15, -0.1) is 6.42 Å². The Balaban J connectivity index is 2.15. The molecule has 6 nitrogen and oxygen atoms in total. The first-order chi connectivity index (χ1) is 12.7. The summed E-state index contributed by atoms with van der Waals surface area (Å²) in [4.78, 5) is 16.2. The summed E-state index contributed by atoms with van der Waals surface area (Å²) < 4.78 is 26.6. The maximum atomic E-state index is 12.7. The molecule has 0 fully saturated rings. The van der Waals surface area contributed by atoms with Crippen LogP contribution in [0, 0.1) is 12.3 Å². The molecule has 0 aliphatic rings. The van der Waals surface area contributed by atoms with Crippen molar-refractivity contribution in [2.45, 2.75) is 11.4 Å². The molecule has 0 unspecified atom stereocenters. The van der Waals surface area contributed by atoms with Crippen LogP contribution in [-0.2, 0) is 16.6 Å². The Morgan fingerprint density at radius 3 is 2.37 bits per heavy atom. The second-order valence-corrected chi connectivity index (χ2v) is 8.05. The van der Waals surface area contributed by atoms with E-state index in [0.717, 1.165) is 11.3 Å². The molecule has 2 aromatic rings. The number of nitrogens with zero attached hydrogens (tertiary/aromatic N) is 2. The summed E-state index contributed by atoms with van der Waals surface area (Å²) in [5, 5.41) is 0. The van der Waals surface area contributed by atoms with Crippen LogP contribution in [0.15, 0.2) is 53.4 Å². The molecule has 0 radical (unpaired) electrons. The maximum Gasteiger partial charge on any atom is 0.253 e. The molecule has 142 valence electrons. The van der Waals surface area contributed by atoms with Crippen LogP contribution in [0.2, 0.25) is 0 Å². The lowest BCUT2D eigenvalue weighted by molar-refractivity contribution is 0.0785. The van der Waals surface area contributed by atoms with Crippen molar-refractivity contribution in [2.24, 2.45) is 0 Å². The number of nitrogens with one attached hydrogen (secondary N) is 1.